The van der Waals surface area contributed by atoms with Gasteiger partial charge in [0.1, 0.15) is 21.7 Å². The van der Waals surface area contributed by atoms with E-state index in [0.29, 0.717) is 21.9 Å². The van der Waals surface area contributed by atoms with Gasteiger partial charge in [0, 0.05) is 25.3 Å². The van der Waals surface area contributed by atoms with E-state index in [4.69, 9.17) is 4.74 Å². The number of likely N-dealkylation sites (tertiary alicyclic amines) is 1. The zero-order chi connectivity index (χ0) is 19.7. The van der Waals surface area contributed by atoms with Crippen LogP contribution in [0.2, 0.25) is 0 Å². The quantitative estimate of drug-likeness (QED) is 0.670. The number of nitrogens with one attached hydrogen (secondary N) is 1. The third-order valence-electron chi connectivity index (χ3n) is 5.22. The molecular weight excluding hydrogens is 420 g/mol. The van der Waals surface area contributed by atoms with Crippen molar-refractivity contribution in [1.82, 2.24) is 14.3 Å². The Hall–Kier alpha value is -2.38. The van der Waals surface area contributed by atoms with Gasteiger partial charge in [-0.1, -0.05) is 18.2 Å². The van der Waals surface area contributed by atoms with Crippen molar-refractivity contribution in [2.45, 2.75) is 18.4 Å². The molecule has 1 fully saturated rings. The lowest BCUT2D eigenvalue weighted by atomic mass is 9.88. The van der Waals surface area contributed by atoms with Crippen LogP contribution >= 0.6 is 15.9 Å². The van der Waals surface area contributed by atoms with Gasteiger partial charge >= 0.3 is 0 Å². The molecule has 1 aromatic carbocycles. The maximum absolute atomic E-state index is 12.6. The Labute approximate surface area is 172 Å². The summed E-state index contributed by atoms with van der Waals surface area (Å²) in [6.07, 6.45) is 2.69. The van der Waals surface area contributed by atoms with Crippen LogP contribution in [0.1, 0.15) is 17.9 Å². The maximum Gasteiger partial charge on any atom is 0.274 e. The third-order valence-corrected chi connectivity index (χ3v) is 5.93. The van der Waals surface area contributed by atoms with Crippen LogP contribution in [-0.4, -0.2) is 47.6 Å². The van der Waals surface area contributed by atoms with Crippen LogP contribution in [0.25, 0.3) is 5.65 Å². The highest BCUT2D eigenvalue weighted by atomic mass is 79.9. The van der Waals surface area contributed by atoms with E-state index in [1.807, 2.05) is 30.3 Å². The highest BCUT2D eigenvalue weighted by Gasteiger charge is 2.27. The summed E-state index contributed by atoms with van der Waals surface area (Å²) in [5.74, 6) is 1.86. The number of methoxy groups -OCH3 is 1. The molecule has 146 valence electrons. The van der Waals surface area contributed by atoms with Crippen LogP contribution in [0.15, 0.2) is 57.9 Å². The molecule has 1 N–H and O–H groups in total. The van der Waals surface area contributed by atoms with Crippen molar-refractivity contribution in [2.24, 2.45) is 0 Å². The van der Waals surface area contributed by atoms with Gasteiger partial charge < -0.3 is 15.0 Å². The summed E-state index contributed by atoms with van der Waals surface area (Å²) in [6.45, 7) is 1.88. The SMILES string of the molecule is COc1cccc([C@H]2C[C@@H](Nc3nc4ccccn4c(=O)c3Br)CN(C)C2)c1. The van der Waals surface area contributed by atoms with Gasteiger partial charge in [-0.25, -0.2) is 4.98 Å². The minimum absolute atomic E-state index is 0.110. The molecule has 1 saturated heterocycles. The third kappa shape index (κ3) is 3.77. The van der Waals surface area contributed by atoms with Crippen LogP contribution in [0.5, 0.6) is 5.75 Å². The van der Waals surface area contributed by atoms with Gasteiger partial charge in [0.2, 0.25) is 0 Å². The fourth-order valence-corrected chi connectivity index (χ4v) is 4.31. The van der Waals surface area contributed by atoms with Gasteiger partial charge in [-0.15, -0.1) is 0 Å². The van der Waals surface area contributed by atoms with Crippen molar-refractivity contribution in [1.29, 1.82) is 0 Å². The Morgan fingerprint density at radius 3 is 2.89 bits per heavy atom. The van der Waals surface area contributed by atoms with Crippen molar-refractivity contribution in [3.63, 3.8) is 0 Å². The van der Waals surface area contributed by atoms with Crippen LogP contribution < -0.4 is 15.6 Å². The number of hydrogen-bond acceptors (Lipinski definition) is 5. The predicted molar refractivity (Wildman–Crippen MR) is 114 cm³/mol. The van der Waals surface area contributed by atoms with E-state index < -0.39 is 0 Å². The Morgan fingerprint density at radius 1 is 1.21 bits per heavy atom. The molecule has 1 aliphatic rings. The van der Waals surface area contributed by atoms with Crippen molar-refractivity contribution in [3.8, 4) is 5.75 Å². The number of aromatic nitrogens is 2. The molecule has 0 aliphatic carbocycles. The number of pyridine rings is 1. The van der Waals surface area contributed by atoms with Crippen molar-refractivity contribution < 1.29 is 4.74 Å². The zero-order valence-corrected chi connectivity index (χ0v) is 17.5. The minimum atomic E-state index is -0.110. The van der Waals surface area contributed by atoms with E-state index in [9.17, 15) is 4.79 Å². The molecule has 0 radical (unpaired) electrons. The van der Waals surface area contributed by atoms with Gasteiger partial charge in [0.25, 0.3) is 5.56 Å². The van der Waals surface area contributed by atoms with Crippen molar-refractivity contribution >= 4 is 27.4 Å². The molecule has 6 nitrogen and oxygen atoms in total. The number of rotatable bonds is 4. The van der Waals surface area contributed by atoms with Gasteiger partial charge in [0.15, 0.2) is 0 Å². The van der Waals surface area contributed by atoms with Crippen molar-refractivity contribution in [2.75, 3.05) is 32.6 Å². The lowest BCUT2D eigenvalue weighted by molar-refractivity contribution is 0.235. The Morgan fingerprint density at radius 2 is 2.07 bits per heavy atom. The summed E-state index contributed by atoms with van der Waals surface area (Å²) < 4.78 is 7.39. The second kappa shape index (κ2) is 7.93. The molecule has 7 heteroatoms. The molecule has 0 unspecified atom stereocenters. The molecule has 0 bridgehead atoms. The summed E-state index contributed by atoms with van der Waals surface area (Å²) in [5.41, 5.74) is 1.79. The molecule has 2 aromatic heterocycles. The first-order chi connectivity index (χ1) is 13.5. The normalized spacial score (nSPS) is 20.2. The maximum atomic E-state index is 12.6. The number of ether oxygens (including phenoxy) is 1. The van der Waals surface area contributed by atoms with Gasteiger partial charge in [-0.05, 0) is 65.1 Å². The molecule has 4 rings (SSSR count). The summed E-state index contributed by atoms with van der Waals surface area (Å²) in [6, 6.07) is 14.0. The summed E-state index contributed by atoms with van der Waals surface area (Å²) in [4.78, 5) is 19.6. The molecule has 3 heterocycles. The number of hydrogen-bond donors (Lipinski definition) is 1. The van der Waals surface area contributed by atoms with E-state index in [0.717, 1.165) is 25.3 Å². The number of piperidine rings is 1. The monoisotopic (exact) mass is 442 g/mol. The number of halogens is 1. The molecule has 3 aromatic rings. The molecule has 2 atom stereocenters. The van der Waals surface area contributed by atoms with E-state index in [1.54, 1.807) is 17.7 Å². The predicted octanol–water partition coefficient (Wildman–Crippen LogP) is 3.37. The summed E-state index contributed by atoms with van der Waals surface area (Å²) >= 11 is 3.43. The van der Waals surface area contributed by atoms with Crippen molar-refractivity contribution in [3.05, 3.63) is 69.1 Å². The number of likely N-dealkylation sites (N-methyl/N-ethyl adjacent to an activating group) is 1. The average molecular weight is 443 g/mol. The summed E-state index contributed by atoms with van der Waals surface area (Å²) in [5, 5.41) is 3.50. The fraction of sp³-hybridized carbons (Fsp3) is 0.333. The first kappa shape index (κ1) is 19.0. The highest BCUT2D eigenvalue weighted by Crippen LogP contribution is 2.30. The van der Waals surface area contributed by atoms with Gasteiger partial charge in [-0.3, -0.25) is 9.20 Å². The average Bonchev–Trinajstić information content (AvgIpc) is 2.71. The zero-order valence-electron chi connectivity index (χ0n) is 15.9. The number of anilines is 1. The molecule has 0 amide bonds. The standard InChI is InChI=1S/C21H23BrN4O2/c1-25-12-15(14-6-5-7-17(11-14)28-2)10-16(13-25)23-20-19(22)21(27)26-9-4-3-8-18(26)24-20/h3-9,11,15-16,23H,10,12-13H2,1-2H3/t15-,16+/m0/s1. The second-order valence-electron chi connectivity index (χ2n) is 7.28. The van der Waals surface area contributed by atoms with E-state index in [1.165, 1.54) is 5.56 Å². The molecule has 28 heavy (non-hydrogen) atoms. The fourth-order valence-electron chi connectivity index (χ4n) is 3.92. The van der Waals surface area contributed by atoms with Gasteiger partial charge in [-0.2, -0.15) is 0 Å². The smallest absolute Gasteiger partial charge is 0.274 e. The molecule has 1 aliphatic heterocycles. The van der Waals surface area contributed by atoms with E-state index in [2.05, 4.69) is 50.3 Å². The number of benzene rings is 1. The van der Waals surface area contributed by atoms with Gasteiger partial charge in [0.05, 0.1) is 7.11 Å². The van der Waals surface area contributed by atoms with Crippen LogP contribution in [0.3, 0.4) is 0 Å². The summed E-state index contributed by atoms with van der Waals surface area (Å²) in [7, 11) is 3.82. The lowest BCUT2D eigenvalue weighted by Crippen LogP contribution is -2.43. The van der Waals surface area contributed by atoms with Crippen LogP contribution in [0, 0.1) is 0 Å². The first-order valence-corrected chi connectivity index (χ1v) is 10.1. The molecule has 0 spiro atoms. The van der Waals surface area contributed by atoms with E-state index in [-0.39, 0.29) is 11.6 Å². The Bertz CT molecular complexity index is 1050. The molecule has 0 saturated carbocycles. The number of fused-ring (bicyclic) bond motifs is 1. The first-order valence-electron chi connectivity index (χ1n) is 9.31. The largest absolute Gasteiger partial charge is 0.497 e. The lowest BCUT2D eigenvalue weighted by Gasteiger charge is -2.36. The topological polar surface area (TPSA) is 58.9 Å². The molecular formula is C21H23BrN4O2. The van der Waals surface area contributed by atoms with Crippen LogP contribution in [-0.2, 0) is 0 Å². The Balaban J connectivity index is 1.60. The second-order valence-corrected chi connectivity index (χ2v) is 8.07. The minimum Gasteiger partial charge on any atom is -0.497 e. The Kier molecular flexibility index (Phi) is 5.37. The highest BCUT2D eigenvalue weighted by molar-refractivity contribution is 9.10. The van der Waals surface area contributed by atoms with Crippen LogP contribution in [0.4, 0.5) is 5.82 Å². The van der Waals surface area contributed by atoms with E-state index >= 15 is 0 Å². The number of nitrogens with zero attached hydrogens (tertiary/aromatic N) is 3.